The lowest BCUT2D eigenvalue weighted by molar-refractivity contribution is 0.0396. The van der Waals surface area contributed by atoms with Gasteiger partial charge in [0, 0.05) is 11.4 Å². The molecule has 0 amide bonds. The van der Waals surface area contributed by atoms with Crippen molar-refractivity contribution in [3.63, 3.8) is 0 Å². The summed E-state index contributed by atoms with van der Waals surface area (Å²) in [4.78, 5) is 20.5. The quantitative estimate of drug-likeness (QED) is 0.811. The van der Waals surface area contributed by atoms with E-state index in [4.69, 9.17) is 4.74 Å². The summed E-state index contributed by atoms with van der Waals surface area (Å²) in [6, 6.07) is 1.90. The van der Waals surface area contributed by atoms with E-state index < -0.39 is 5.97 Å². The molecule has 2 heterocycles. The molecule has 6 nitrogen and oxygen atoms in total. The minimum atomic E-state index is -0.455. The molecule has 0 aromatic carbocycles. The molecule has 0 bridgehead atoms. The third-order valence-electron chi connectivity index (χ3n) is 3.98. The maximum absolute atomic E-state index is 12.1. The van der Waals surface area contributed by atoms with Gasteiger partial charge in [0.05, 0.1) is 6.61 Å². The summed E-state index contributed by atoms with van der Waals surface area (Å²) >= 11 is 0. The SMILES string of the molecule is Cc1cc(C)n2nc(C(=O)OCC3CCCCC3)nc2n1. The summed E-state index contributed by atoms with van der Waals surface area (Å²) in [7, 11) is 0. The van der Waals surface area contributed by atoms with Gasteiger partial charge in [0.15, 0.2) is 0 Å². The van der Waals surface area contributed by atoms with Gasteiger partial charge in [0.25, 0.3) is 11.6 Å². The first-order valence-corrected chi connectivity index (χ1v) is 7.51. The van der Waals surface area contributed by atoms with Gasteiger partial charge < -0.3 is 4.74 Å². The number of aromatic nitrogens is 4. The first-order valence-electron chi connectivity index (χ1n) is 7.51. The fourth-order valence-electron chi connectivity index (χ4n) is 2.86. The van der Waals surface area contributed by atoms with E-state index in [1.54, 1.807) is 4.52 Å². The first kappa shape index (κ1) is 14.0. The Hall–Kier alpha value is -1.98. The van der Waals surface area contributed by atoms with Gasteiger partial charge in [-0.05, 0) is 38.7 Å². The molecule has 0 N–H and O–H groups in total. The molecular formula is C15H20N4O2. The topological polar surface area (TPSA) is 69.4 Å². The number of carbonyl (C=O) groups is 1. The number of rotatable bonds is 3. The van der Waals surface area contributed by atoms with E-state index in [1.807, 2.05) is 19.9 Å². The standard InChI is InChI=1S/C15H20N4O2/c1-10-8-11(2)19-15(16-10)17-13(18-19)14(20)21-9-12-6-4-3-5-7-12/h8,12H,3-7,9H2,1-2H3. The molecule has 0 radical (unpaired) electrons. The second-order valence-corrected chi connectivity index (χ2v) is 5.79. The Morgan fingerprint density at radius 2 is 2.05 bits per heavy atom. The van der Waals surface area contributed by atoms with Crippen LogP contribution < -0.4 is 0 Å². The maximum atomic E-state index is 12.1. The van der Waals surface area contributed by atoms with Crippen LogP contribution >= 0.6 is 0 Å². The van der Waals surface area contributed by atoms with Gasteiger partial charge in [0.2, 0.25) is 0 Å². The molecule has 21 heavy (non-hydrogen) atoms. The molecule has 0 spiro atoms. The lowest BCUT2D eigenvalue weighted by Crippen LogP contribution is -2.17. The molecule has 0 atom stereocenters. The molecule has 2 aromatic heterocycles. The summed E-state index contributed by atoms with van der Waals surface area (Å²) in [5.41, 5.74) is 1.76. The van der Waals surface area contributed by atoms with Gasteiger partial charge in [-0.1, -0.05) is 19.3 Å². The van der Waals surface area contributed by atoms with Crippen molar-refractivity contribution < 1.29 is 9.53 Å². The van der Waals surface area contributed by atoms with E-state index in [9.17, 15) is 4.79 Å². The van der Waals surface area contributed by atoms with Crippen molar-refractivity contribution >= 4 is 11.7 Å². The number of nitrogens with zero attached hydrogens (tertiary/aromatic N) is 4. The van der Waals surface area contributed by atoms with Gasteiger partial charge in [-0.15, -0.1) is 5.10 Å². The van der Waals surface area contributed by atoms with Crippen LogP contribution in [-0.2, 0) is 4.74 Å². The molecule has 1 saturated carbocycles. The van der Waals surface area contributed by atoms with Gasteiger partial charge in [0.1, 0.15) is 0 Å². The molecule has 112 valence electrons. The number of carbonyl (C=O) groups excluding carboxylic acids is 1. The summed E-state index contributed by atoms with van der Waals surface area (Å²) in [5.74, 6) is 0.564. The van der Waals surface area contributed by atoms with Crippen molar-refractivity contribution in [1.82, 2.24) is 19.6 Å². The van der Waals surface area contributed by atoms with Crippen LogP contribution in [0.3, 0.4) is 0 Å². The van der Waals surface area contributed by atoms with E-state index in [-0.39, 0.29) is 5.82 Å². The highest BCUT2D eigenvalue weighted by Gasteiger charge is 2.19. The Morgan fingerprint density at radius 1 is 1.29 bits per heavy atom. The van der Waals surface area contributed by atoms with Gasteiger partial charge in [-0.25, -0.2) is 14.3 Å². The molecule has 0 saturated heterocycles. The second-order valence-electron chi connectivity index (χ2n) is 5.79. The van der Waals surface area contributed by atoms with Crippen LogP contribution in [0.5, 0.6) is 0 Å². The normalized spacial score (nSPS) is 16.3. The van der Waals surface area contributed by atoms with E-state index in [2.05, 4.69) is 15.1 Å². The van der Waals surface area contributed by atoms with Gasteiger partial charge >= 0.3 is 5.97 Å². The molecule has 1 fully saturated rings. The predicted octanol–water partition coefficient (Wildman–Crippen LogP) is 2.48. The number of hydrogen-bond acceptors (Lipinski definition) is 5. The molecule has 2 aromatic rings. The van der Waals surface area contributed by atoms with Crippen LogP contribution in [0.4, 0.5) is 0 Å². The minimum absolute atomic E-state index is 0.0898. The van der Waals surface area contributed by atoms with Crippen molar-refractivity contribution in [2.45, 2.75) is 46.0 Å². The molecule has 3 rings (SSSR count). The number of fused-ring (bicyclic) bond motifs is 1. The van der Waals surface area contributed by atoms with Crippen molar-refractivity contribution in [2.75, 3.05) is 6.61 Å². The second kappa shape index (κ2) is 5.79. The Balaban J connectivity index is 1.71. The highest BCUT2D eigenvalue weighted by atomic mass is 16.5. The van der Waals surface area contributed by atoms with Crippen LogP contribution in [0.1, 0.15) is 54.1 Å². The third kappa shape index (κ3) is 3.04. The van der Waals surface area contributed by atoms with Crippen LogP contribution in [0, 0.1) is 19.8 Å². The Morgan fingerprint density at radius 3 is 2.81 bits per heavy atom. The Bertz CT molecular complexity index is 659. The monoisotopic (exact) mass is 288 g/mol. The van der Waals surface area contributed by atoms with E-state index in [0.717, 1.165) is 24.2 Å². The maximum Gasteiger partial charge on any atom is 0.378 e. The summed E-state index contributed by atoms with van der Waals surface area (Å²) in [6.45, 7) is 4.27. The zero-order valence-electron chi connectivity index (χ0n) is 12.5. The van der Waals surface area contributed by atoms with Crippen LogP contribution in [0.2, 0.25) is 0 Å². The molecule has 0 aliphatic heterocycles. The number of aryl methyl sites for hydroxylation is 2. The highest BCUT2D eigenvalue weighted by Crippen LogP contribution is 2.23. The van der Waals surface area contributed by atoms with E-state index in [0.29, 0.717) is 18.3 Å². The fourth-order valence-corrected chi connectivity index (χ4v) is 2.86. The van der Waals surface area contributed by atoms with Crippen LogP contribution in [-0.4, -0.2) is 32.2 Å². The smallest absolute Gasteiger partial charge is 0.378 e. The third-order valence-corrected chi connectivity index (χ3v) is 3.98. The van der Waals surface area contributed by atoms with Gasteiger partial charge in [-0.2, -0.15) is 4.98 Å². The first-order chi connectivity index (χ1) is 10.1. The van der Waals surface area contributed by atoms with Crippen molar-refractivity contribution in [3.05, 3.63) is 23.3 Å². The summed E-state index contributed by atoms with van der Waals surface area (Å²) in [6.07, 6.45) is 6.05. The fraction of sp³-hybridized carbons (Fsp3) is 0.600. The van der Waals surface area contributed by atoms with Crippen LogP contribution in [0.25, 0.3) is 5.78 Å². The largest absolute Gasteiger partial charge is 0.459 e. The van der Waals surface area contributed by atoms with Crippen LogP contribution in [0.15, 0.2) is 6.07 Å². The average Bonchev–Trinajstić information content (AvgIpc) is 2.90. The Labute approximate surface area is 123 Å². The highest BCUT2D eigenvalue weighted by molar-refractivity contribution is 5.85. The molecule has 1 aliphatic carbocycles. The summed E-state index contributed by atoms with van der Waals surface area (Å²) < 4.78 is 6.94. The molecule has 0 unspecified atom stereocenters. The predicted molar refractivity (Wildman–Crippen MR) is 77.1 cm³/mol. The summed E-state index contributed by atoms with van der Waals surface area (Å²) in [5, 5.41) is 4.19. The van der Waals surface area contributed by atoms with Crippen molar-refractivity contribution in [3.8, 4) is 0 Å². The molecule has 1 aliphatic rings. The van der Waals surface area contributed by atoms with Crippen molar-refractivity contribution in [2.24, 2.45) is 5.92 Å². The number of ether oxygens (including phenoxy) is 1. The number of esters is 1. The van der Waals surface area contributed by atoms with Gasteiger partial charge in [-0.3, -0.25) is 0 Å². The minimum Gasteiger partial charge on any atom is -0.459 e. The van der Waals surface area contributed by atoms with Crippen molar-refractivity contribution in [1.29, 1.82) is 0 Å². The Kier molecular flexibility index (Phi) is 3.86. The van der Waals surface area contributed by atoms with E-state index >= 15 is 0 Å². The molecule has 6 heteroatoms. The zero-order valence-corrected chi connectivity index (χ0v) is 12.5. The molecular weight excluding hydrogens is 268 g/mol. The lowest BCUT2D eigenvalue weighted by Gasteiger charge is -2.20. The zero-order chi connectivity index (χ0) is 14.8. The lowest BCUT2D eigenvalue weighted by atomic mass is 9.90. The number of hydrogen-bond donors (Lipinski definition) is 0. The average molecular weight is 288 g/mol. The van der Waals surface area contributed by atoms with E-state index in [1.165, 1.54) is 19.3 Å².